The zero-order chi connectivity index (χ0) is 35.2. The van der Waals surface area contributed by atoms with Crippen molar-refractivity contribution in [1.29, 1.82) is 0 Å². The number of benzene rings is 2. The second-order valence-corrected chi connectivity index (χ2v) is 13.6. The summed E-state index contributed by atoms with van der Waals surface area (Å²) in [5.41, 5.74) is 2.58. The number of carbonyl (C=O) groups is 3. The zero-order valence-electron chi connectivity index (χ0n) is 29.5. The molecular formula is C36H48N10O4. The van der Waals surface area contributed by atoms with Gasteiger partial charge in [0.2, 0.25) is 17.8 Å². The van der Waals surface area contributed by atoms with E-state index in [2.05, 4.69) is 25.3 Å². The molecule has 3 aliphatic heterocycles. The summed E-state index contributed by atoms with van der Waals surface area (Å²) in [6, 6.07) is 14.3. The average molecular weight is 685 g/mol. The molecule has 14 heteroatoms. The number of nitrogens with one attached hydrogen (secondary N) is 2. The highest BCUT2D eigenvalue weighted by Gasteiger charge is 2.28. The minimum absolute atomic E-state index is 0.00371. The number of likely N-dealkylation sites (N-methyl/N-ethyl adjacent to an activating group) is 1. The summed E-state index contributed by atoms with van der Waals surface area (Å²) >= 11 is 0. The van der Waals surface area contributed by atoms with Crippen molar-refractivity contribution in [2.24, 2.45) is 5.92 Å². The number of urea groups is 1. The molecule has 14 nitrogen and oxygen atoms in total. The molecule has 3 aliphatic rings. The predicted octanol–water partition coefficient (Wildman–Crippen LogP) is 3.49. The van der Waals surface area contributed by atoms with E-state index >= 15 is 0 Å². The fourth-order valence-electron chi connectivity index (χ4n) is 6.45. The lowest BCUT2D eigenvalue weighted by molar-refractivity contribution is -0.134. The van der Waals surface area contributed by atoms with Gasteiger partial charge in [-0.25, -0.2) is 4.79 Å². The number of aromatic nitrogens is 3. The van der Waals surface area contributed by atoms with Crippen molar-refractivity contribution < 1.29 is 19.1 Å². The van der Waals surface area contributed by atoms with Crippen LogP contribution < -0.4 is 20.4 Å². The standard InChI is InChI=1S/C36H48N10O4/c1-25(2)32(47)43-15-5-16-44(19-18-43)34-39-31(40-35(41-34)45-20-22-50-23-21-45)26-6-10-28(11-7-26)37-36(49)38-29-12-8-27(9-13-29)33(48)46-17-14-30(24-46)42(3)4/h6-13,25,30H,5,14-24H2,1-4H3,(H2,37,38,49). The number of carbonyl (C=O) groups excluding carboxylic acids is 3. The van der Waals surface area contributed by atoms with Gasteiger partial charge >= 0.3 is 6.03 Å². The van der Waals surface area contributed by atoms with Crippen molar-refractivity contribution in [3.63, 3.8) is 0 Å². The molecule has 0 saturated carbocycles. The van der Waals surface area contributed by atoms with E-state index in [1.807, 2.05) is 62.0 Å². The third-order valence-electron chi connectivity index (χ3n) is 9.46. The molecule has 0 spiro atoms. The molecular weight excluding hydrogens is 636 g/mol. The summed E-state index contributed by atoms with van der Waals surface area (Å²) in [5.74, 6) is 1.85. The van der Waals surface area contributed by atoms with Crippen molar-refractivity contribution in [3.05, 3.63) is 54.1 Å². The Labute approximate surface area is 293 Å². The summed E-state index contributed by atoms with van der Waals surface area (Å²) in [6.07, 6.45) is 1.79. The second-order valence-electron chi connectivity index (χ2n) is 13.6. The van der Waals surface area contributed by atoms with Gasteiger partial charge in [0, 0.05) is 86.8 Å². The zero-order valence-corrected chi connectivity index (χ0v) is 29.5. The lowest BCUT2D eigenvalue weighted by Gasteiger charge is -2.28. The maximum atomic E-state index is 13.0. The Balaban J connectivity index is 1.11. The van der Waals surface area contributed by atoms with Gasteiger partial charge in [-0.2, -0.15) is 15.0 Å². The summed E-state index contributed by atoms with van der Waals surface area (Å²) in [4.78, 5) is 63.3. The number of likely N-dealkylation sites (tertiary alicyclic amines) is 1. The van der Waals surface area contributed by atoms with Gasteiger partial charge in [0.1, 0.15) is 0 Å². The molecule has 3 fully saturated rings. The number of ether oxygens (including phenoxy) is 1. The van der Waals surface area contributed by atoms with Gasteiger partial charge in [0.25, 0.3) is 5.91 Å². The minimum Gasteiger partial charge on any atom is -0.378 e. The first kappa shape index (κ1) is 35.0. The Morgan fingerprint density at radius 1 is 0.760 bits per heavy atom. The van der Waals surface area contributed by atoms with Crippen LogP contribution in [0.25, 0.3) is 11.4 Å². The Bertz CT molecular complexity index is 1640. The molecule has 1 aromatic heterocycles. The van der Waals surface area contributed by atoms with Gasteiger partial charge < -0.3 is 39.9 Å². The SMILES string of the molecule is CC(C)C(=O)N1CCCN(c2nc(-c3ccc(NC(=O)Nc4ccc(C(=O)N5CCC(N(C)C)C5)cc4)cc3)nc(N3CCOCC3)n2)CC1. The summed E-state index contributed by atoms with van der Waals surface area (Å²) in [7, 11) is 4.08. The highest BCUT2D eigenvalue weighted by molar-refractivity contribution is 6.00. The highest BCUT2D eigenvalue weighted by Crippen LogP contribution is 2.25. The quantitative estimate of drug-likeness (QED) is 0.363. The Hall–Kier alpha value is -4.82. The molecule has 2 aromatic carbocycles. The van der Waals surface area contributed by atoms with Crippen molar-refractivity contribution in [3.8, 4) is 11.4 Å². The third kappa shape index (κ3) is 8.48. The van der Waals surface area contributed by atoms with E-state index in [0.717, 1.165) is 38.0 Å². The van der Waals surface area contributed by atoms with Crippen LogP contribution >= 0.6 is 0 Å². The van der Waals surface area contributed by atoms with Crippen LogP contribution in [0.2, 0.25) is 0 Å². The smallest absolute Gasteiger partial charge is 0.323 e. The van der Waals surface area contributed by atoms with Gasteiger partial charge in [-0.1, -0.05) is 13.8 Å². The van der Waals surface area contributed by atoms with Crippen molar-refractivity contribution >= 4 is 41.1 Å². The highest BCUT2D eigenvalue weighted by atomic mass is 16.5. The summed E-state index contributed by atoms with van der Waals surface area (Å²) < 4.78 is 5.56. The van der Waals surface area contributed by atoms with E-state index in [-0.39, 0.29) is 17.7 Å². The van der Waals surface area contributed by atoms with Crippen LogP contribution in [0.15, 0.2) is 48.5 Å². The first-order valence-electron chi connectivity index (χ1n) is 17.5. The normalized spacial score (nSPS) is 18.4. The van der Waals surface area contributed by atoms with E-state index in [1.165, 1.54) is 0 Å². The molecule has 266 valence electrons. The molecule has 0 radical (unpaired) electrons. The number of hydrogen-bond acceptors (Lipinski definition) is 10. The van der Waals surface area contributed by atoms with E-state index in [0.29, 0.717) is 86.6 Å². The molecule has 3 saturated heterocycles. The molecule has 3 aromatic rings. The van der Waals surface area contributed by atoms with Crippen LogP contribution in [0.5, 0.6) is 0 Å². The summed E-state index contributed by atoms with van der Waals surface area (Å²) in [6.45, 7) is 10.6. The number of amides is 4. The largest absolute Gasteiger partial charge is 0.378 e. The van der Waals surface area contributed by atoms with Crippen LogP contribution in [0.4, 0.5) is 28.1 Å². The van der Waals surface area contributed by atoms with Gasteiger partial charge in [-0.15, -0.1) is 0 Å². The number of morpholine rings is 1. The third-order valence-corrected chi connectivity index (χ3v) is 9.46. The maximum Gasteiger partial charge on any atom is 0.323 e. The van der Waals surface area contributed by atoms with Crippen LogP contribution in [-0.4, -0.2) is 133 Å². The Morgan fingerprint density at radius 2 is 1.38 bits per heavy atom. The van der Waals surface area contributed by atoms with E-state index < -0.39 is 6.03 Å². The first-order chi connectivity index (χ1) is 24.1. The molecule has 50 heavy (non-hydrogen) atoms. The molecule has 1 unspecified atom stereocenters. The van der Waals surface area contributed by atoms with Gasteiger partial charge in [0.15, 0.2) is 5.82 Å². The fraction of sp³-hybridized carbons (Fsp3) is 0.500. The van der Waals surface area contributed by atoms with Crippen molar-refractivity contribution in [2.75, 3.05) is 100 Å². The molecule has 4 amide bonds. The van der Waals surface area contributed by atoms with Gasteiger partial charge in [0.05, 0.1) is 13.2 Å². The molecule has 2 N–H and O–H groups in total. The second kappa shape index (κ2) is 15.8. The average Bonchev–Trinajstić information content (AvgIpc) is 3.51. The van der Waals surface area contributed by atoms with Crippen molar-refractivity contribution in [1.82, 2.24) is 29.7 Å². The molecule has 6 rings (SSSR count). The number of nitrogens with zero attached hydrogens (tertiary/aromatic N) is 8. The number of rotatable bonds is 8. The predicted molar refractivity (Wildman–Crippen MR) is 194 cm³/mol. The lowest BCUT2D eigenvalue weighted by atomic mass is 10.2. The Morgan fingerprint density at radius 3 is 1.98 bits per heavy atom. The lowest BCUT2D eigenvalue weighted by Crippen LogP contribution is -2.39. The Kier molecular flexibility index (Phi) is 11.1. The number of hydrogen-bond donors (Lipinski definition) is 2. The van der Waals surface area contributed by atoms with Crippen LogP contribution in [0.3, 0.4) is 0 Å². The molecule has 4 heterocycles. The minimum atomic E-state index is -0.395. The van der Waals surface area contributed by atoms with E-state index in [4.69, 9.17) is 19.7 Å². The van der Waals surface area contributed by atoms with Crippen LogP contribution in [0, 0.1) is 5.92 Å². The molecule has 0 aliphatic carbocycles. The van der Waals surface area contributed by atoms with E-state index in [1.54, 1.807) is 24.3 Å². The van der Waals surface area contributed by atoms with Crippen LogP contribution in [-0.2, 0) is 9.53 Å². The molecule has 0 bridgehead atoms. The van der Waals surface area contributed by atoms with E-state index in [9.17, 15) is 14.4 Å². The fourth-order valence-corrected chi connectivity index (χ4v) is 6.45. The van der Waals surface area contributed by atoms with Crippen LogP contribution in [0.1, 0.15) is 37.0 Å². The maximum absolute atomic E-state index is 13.0. The number of anilines is 4. The van der Waals surface area contributed by atoms with Gasteiger partial charge in [-0.05, 0) is 75.5 Å². The topological polar surface area (TPSA) is 139 Å². The van der Waals surface area contributed by atoms with Crippen molar-refractivity contribution in [2.45, 2.75) is 32.7 Å². The monoisotopic (exact) mass is 684 g/mol. The first-order valence-corrected chi connectivity index (χ1v) is 17.5. The summed E-state index contributed by atoms with van der Waals surface area (Å²) in [5, 5.41) is 5.72. The van der Waals surface area contributed by atoms with Gasteiger partial charge in [-0.3, -0.25) is 9.59 Å². The molecule has 1 atom stereocenters.